The van der Waals surface area contributed by atoms with Crippen LogP contribution in [0.3, 0.4) is 0 Å². The molecule has 1 N–H and O–H groups in total. The molecule has 0 heterocycles. The van der Waals surface area contributed by atoms with Crippen molar-refractivity contribution in [2.45, 2.75) is 59.9 Å². The van der Waals surface area contributed by atoms with Crippen molar-refractivity contribution in [2.75, 3.05) is 19.8 Å². The Labute approximate surface area is 95.8 Å². The number of hydrogen-bond donors (Lipinski definition) is 1. The zero-order valence-electron chi connectivity index (χ0n) is 11.2. The van der Waals surface area contributed by atoms with Crippen LogP contribution in [0.5, 0.6) is 0 Å². The average Bonchev–Trinajstić information content (AvgIpc) is 2.14. The molecule has 0 bridgehead atoms. The highest BCUT2D eigenvalue weighted by Crippen LogP contribution is 2.21. The van der Waals surface area contributed by atoms with E-state index in [1.807, 2.05) is 0 Å². The van der Waals surface area contributed by atoms with E-state index in [0.29, 0.717) is 11.5 Å². The van der Waals surface area contributed by atoms with Crippen molar-refractivity contribution in [3.63, 3.8) is 0 Å². The van der Waals surface area contributed by atoms with Crippen LogP contribution in [-0.4, -0.2) is 25.8 Å². The van der Waals surface area contributed by atoms with Crippen molar-refractivity contribution in [1.82, 2.24) is 5.32 Å². The molecule has 0 fully saturated rings. The van der Waals surface area contributed by atoms with Crippen LogP contribution in [0.25, 0.3) is 0 Å². The minimum absolute atomic E-state index is 0.324. The summed E-state index contributed by atoms with van der Waals surface area (Å²) in [7, 11) is 0. The molecule has 0 saturated heterocycles. The first kappa shape index (κ1) is 14.9. The Morgan fingerprint density at radius 1 is 1.13 bits per heavy atom. The molecule has 0 amide bonds. The highest BCUT2D eigenvalue weighted by Gasteiger charge is 2.22. The summed E-state index contributed by atoms with van der Waals surface area (Å²) >= 11 is 0. The largest absolute Gasteiger partial charge is 0.381 e. The topological polar surface area (TPSA) is 21.3 Å². The summed E-state index contributed by atoms with van der Waals surface area (Å²) in [5, 5.41) is 3.53. The van der Waals surface area contributed by atoms with E-state index in [4.69, 9.17) is 4.74 Å². The van der Waals surface area contributed by atoms with Crippen LogP contribution >= 0.6 is 0 Å². The maximum Gasteiger partial charge on any atom is 0.0481 e. The van der Waals surface area contributed by atoms with Crippen LogP contribution in [0.2, 0.25) is 0 Å². The molecule has 2 heteroatoms. The van der Waals surface area contributed by atoms with Gasteiger partial charge >= 0.3 is 0 Å². The monoisotopic (exact) mass is 215 g/mol. The van der Waals surface area contributed by atoms with Crippen LogP contribution in [0.1, 0.15) is 53.9 Å². The highest BCUT2D eigenvalue weighted by atomic mass is 16.5. The first-order valence-electron chi connectivity index (χ1n) is 6.33. The third kappa shape index (κ3) is 7.80. The van der Waals surface area contributed by atoms with Gasteiger partial charge in [0.1, 0.15) is 0 Å². The van der Waals surface area contributed by atoms with Crippen LogP contribution in [0, 0.1) is 5.41 Å². The minimum atomic E-state index is 0.324. The Kier molecular flexibility index (Phi) is 8.07. The summed E-state index contributed by atoms with van der Waals surface area (Å²) in [5.41, 5.74) is 0.324. The lowest BCUT2D eigenvalue weighted by molar-refractivity contribution is 0.106. The van der Waals surface area contributed by atoms with Crippen molar-refractivity contribution < 1.29 is 4.74 Å². The van der Waals surface area contributed by atoms with Gasteiger partial charge in [-0.15, -0.1) is 0 Å². The molecule has 0 aromatic heterocycles. The lowest BCUT2D eigenvalue weighted by Crippen LogP contribution is -2.41. The fraction of sp³-hybridized carbons (Fsp3) is 1.00. The van der Waals surface area contributed by atoms with Gasteiger partial charge in [0.2, 0.25) is 0 Å². The van der Waals surface area contributed by atoms with Crippen molar-refractivity contribution in [3.05, 3.63) is 0 Å². The zero-order chi connectivity index (χ0) is 11.7. The Balaban J connectivity index is 3.67. The molecular formula is C13H29NO. The molecule has 0 aliphatic carbocycles. The van der Waals surface area contributed by atoms with E-state index in [2.05, 4.69) is 39.9 Å². The summed E-state index contributed by atoms with van der Waals surface area (Å²) in [6.45, 7) is 14.0. The van der Waals surface area contributed by atoms with E-state index in [1.165, 1.54) is 12.8 Å². The van der Waals surface area contributed by atoms with Crippen LogP contribution < -0.4 is 5.32 Å². The molecule has 1 atom stereocenters. The van der Waals surface area contributed by atoms with Crippen LogP contribution in [0.15, 0.2) is 0 Å². The molecule has 0 aromatic carbocycles. The van der Waals surface area contributed by atoms with E-state index < -0.39 is 0 Å². The van der Waals surface area contributed by atoms with Crippen molar-refractivity contribution >= 4 is 0 Å². The molecule has 92 valence electrons. The lowest BCUT2D eigenvalue weighted by atomic mass is 9.85. The van der Waals surface area contributed by atoms with Gasteiger partial charge in [-0.1, -0.05) is 41.0 Å². The van der Waals surface area contributed by atoms with Crippen LogP contribution in [0.4, 0.5) is 0 Å². The standard InChI is InChI=1S/C13H29NO/c1-6-8-10-15-11-9-12(14-7-2)13(3,4)5/h12,14H,6-11H2,1-5H3. The first-order valence-corrected chi connectivity index (χ1v) is 6.33. The second kappa shape index (κ2) is 8.12. The third-order valence-electron chi connectivity index (χ3n) is 2.69. The summed E-state index contributed by atoms with van der Waals surface area (Å²) in [6, 6.07) is 0.559. The Morgan fingerprint density at radius 2 is 1.80 bits per heavy atom. The van der Waals surface area contributed by atoms with Crippen molar-refractivity contribution in [2.24, 2.45) is 5.41 Å². The maximum atomic E-state index is 5.61. The second-order valence-electron chi connectivity index (χ2n) is 5.23. The van der Waals surface area contributed by atoms with E-state index in [0.717, 1.165) is 26.2 Å². The second-order valence-corrected chi connectivity index (χ2v) is 5.23. The molecule has 0 aromatic rings. The molecular weight excluding hydrogens is 186 g/mol. The fourth-order valence-electron chi connectivity index (χ4n) is 1.64. The average molecular weight is 215 g/mol. The van der Waals surface area contributed by atoms with E-state index in [1.54, 1.807) is 0 Å². The quantitative estimate of drug-likeness (QED) is 0.628. The number of hydrogen-bond acceptors (Lipinski definition) is 2. The van der Waals surface area contributed by atoms with E-state index >= 15 is 0 Å². The van der Waals surface area contributed by atoms with Crippen molar-refractivity contribution in [3.8, 4) is 0 Å². The van der Waals surface area contributed by atoms with Gasteiger partial charge in [-0.2, -0.15) is 0 Å². The molecule has 0 aliphatic heterocycles. The van der Waals surface area contributed by atoms with Crippen molar-refractivity contribution in [1.29, 1.82) is 0 Å². The lowest BCUT2D eigenvalue weighted by Gasteiger charge is -2.31. The molecule has 15 heavy (non-hydrogen) atoms. The normalized spacial score (nSPS) is 14.2. The molecule has 1 unspecified atom stereocenters. The summed E-state index contributed by atoms with van der Waals surface area (Å²) in [5.74, 6) is 0. The van der Waals surface area contributed by atoms with Gasteiger partial charge in [-0.05, 0) is 24.8 Å². The maximum absolute atomic E-state index is 5.61. The van der Waals surface area contributed by atoms with Gasteiger partial charge in [0.25, 0.3) is 0 Å². The number of unbranched alkanes of at least 4 members (excludes halogenated alkanes) is 1. The third-order valence-corrected chi connectivity index (χ3v) is 2.69. The van der Waals surface area contributed by atoms with Gasteiger partial charge in [0.15, 0.2) is 0 Å². The predicted octanol–water partition coefficient (Wildman–Crippen LogP) is 3.22. The summed E-state index contributed by atoms with van der Waals surface area (Å²) < 4.78 is 5.61. The van der Waals surface area contributed by atoms with Gasteiger partial charge < -0.3 is 10.1 Å². The van der Waals surface area contributed by atoms with E-state index in [9.17, 15) is 0 Å². The van der Waals surface area contributed by atoms with Gasteiger partial charge in [-0.25, -0.2) is 0 Å². The zero-order valence-corrected chi connectivity index (χ0v) is 11.2. The molecule has 0 radical (unpaired) electrons. The van der Waals surface area contributed by atoms with Crippen LogP contribution in [-0.2, 0) is 4.74 Å². The van der Waals surface area contributed by atoms with E-state index in [-0.39, 0.29) is 0 Å². The van der Waals surface area contributed by atoms with Gasteiger partial charge in [-0.3, -0.25) is 0 Å². The number of nitrogens with one attached hydrogen (secondary N) is 1. The highest BCUT2D eigenvalue weighted by molar-refractivity contribution is 4.79. The smallest absolute Gasteiger partial charge is 0.0481 e. The molecule has 0 saturated carbocycles. The predicted molar refractivity (Wildman–Crippen MR) is 67.3 cm³/mol. The summed E-state index contributed by atoms with van der Waals surface area (Å²) in [6.07, 6.45) is 3.51. The molecule has 0 rings (SSSR count). The number of ether oxygens (including phenoxy) is 1. The number of rotatable bonds is 8. The first-order chi connectivity index (χ1) is 7.02. The summed E-state index contributed by atoms with van der Waals surface area (Å²) in [4.78, 5) is 0. The minimum Gasteiger partial charge on any atom is -0.381 e. The Hall–Kier alpha value is -0.0800. The molecule has 2 nitrogen and oxygen atoms in total. The van der Waals surface area contributed by atoms with Gasteiger partial charge in [0.05, 0.1) is 0 Å². The SMILES string of the molecule is CCCCOCCC(NCC)C(C)(C)C. The fourth-order valence-corrected chi connectivity index (χ4v) is 1.64. The molecule has 0 spiro atoms. The Morgan fingerprint density at radius 3 is 2.27 bits per heavy atom. The van der Waals surface area contributed by atoms with Gasteiger partial charge in [0, 0.05) is 19.3 Å². The Bertz CT molecular complexity index is 140. The molecule has 0 aliphatic rings.